The molecule has 1 atom stereocenters. The van der Waals surface area contributed by atoms with Gasteiger partial charge in [0.25, 0.3) is 5.91 Å². The molecule has 1 rings (SSSR count). The Morgan fingerprint density at radius 3 is 2.92 bits per heavy atom. The van der Waals surface area contributed by atoms with Crippen LogP contribution < -0.4 is 5.32 Å². The Morgan fingerprint density at radius 1 is 1.77 bits per heavy atom. The average molecular weight is 201 g/mol. The lowest BCUT2D eigenvalue weighted by Crippen LogP contribution is -2.33. The van der Waals surface area contributed by atoms with Gasteiger partial charge in [0.15, 0.2) is 0 Å². The molecule has 0 fully saturated rings. The Hall–Kier alpha value is -0.900. The van der Waals surface area contributed by atoms with E-state index in [0.29, 0.717) is 5.56 Å². The van der Waals surface area contributed by atoms with E-state index in [2.05, 4.69) is 5.32 Å². The van der Waals surface area contributed by atoms with Gasteiger partial charge >= 0.3 is 0 Å². The first kappa shape index (κ1) is 10.2. The first-order valence-electron chi connectivity index (χ1n) is 4.05. The number of alkyl halides is 1. The van der Waals surface area contributed by atoms with Crippen LogP contribution in [-0.4, -0.2) is 18.6 Å². The molecule has 4 heteroatoms. The smallest absolute Gasteiger partial charge is 0.252 e. The Labute approximate surface area is 80.8 Å². The standard InChI is InChI=1S/C9H12FNOS/c1-6(4-10)11-9(12)8-3-7(2)13-5-8/h3,5-6H,4H2,1-2H3,(H,11,12). The molecular formula is C9H12FNOS. The highest BCUT2D eigenvalue weighted by Gasteiger charge is 2.09. The van der Waals surface area contributed by atoms with E-state index in [1.165, 1.54) is 11.3 Å². The molecule has 0 bridgehead atoms. The maximum Gasteiger partial charge on any atom is 0.252 e. The van der Waals surface area contributed by atoms with Crippen LogP contribution in [0.4, 0.5) is 4.39 Å². The minimum atomic E-state index is -0.533. The first-order chi connectivity index (χ1) is 6.13. The van der Waals surface area contributed by atoms with Crippen molar-refractivity contribution in [3.63, 3.8) is 0 Å². The van der Waals surface area contributed by atoms with Gasteiger partial charge in [-0.15, -0.1) is 11.3 Å². The number of amides is 1. The molecule has 1 N–H and O–H groups in total. The number of hydrogen-bond donors (Lipinski definition) is 1. The van der Waals surface area contributed by atoms with Crippen LogP contribution in [0.1, 0.15) is 22.2 Å². The predicted octanol–water partition coefficient (Wildman–Crippen LogP) is 2.14. The van der Waals surface area contributed by atoms with Crippen LogP contribution in [0, 0.1) is 6.92 Å². The van der Waals surface area contributed by atoms with Crippen LogP contribution in [0.5, 0.6) is 0 Å². The minimum Gasteiger partial charge on any atom is -0.347 e. The maximum absolute atomic E-state index is 12.1. The molecule has 13 heavy (non-hydrogen) atoms. The van der Waals surface area contributed by atoms with Gasteiger partial charge in [-0.25, -0.2) is 4.39 Å². The normalized spacial score (nSPS) is 12.5. The van der Waals surface area contributed by atoms with Crippen LogP contribution in [0.2, 0.25) is 0 Å². The monoisotopic (exact) mass is 201 g/mol. The highest BCUT2D eigenvalue weighted by atomic mass is 32.1. The van der Waals surface area contributed by atoms with Gasteiger partial charge in [0.05, 0.1) is 11.6 Å². The minimum absolute atomic E-state index is 0.200. The summed E-state index contributed by atoms with van der Waals surface area (Å²) in [6.45, 7) is 3.03. The maximum atomic E-state index is 12.1. The molecular weight excluding hydrogens is 189 g/mol. The van der Waals surface area contributed by atoms with Crippen molar-refractivity contribution < 1.29 is 9.18 Å². The van der Waals surface area contributed by atoms with Crippen molar-refractivity contribution in [3.05, 3.63) is 21.9 Å². The van der Waals surface area contributed by atoms with E-state index >= 15 is 0 Å². The van der Waals surface area contributed by atoms with Gasteiger partial charge in [-0.05, 0) is 19.9 Å². The van der Waals surface area contributed by atoms with E-state index < -0.39 is 12.7 Å². The molecule has 0 radical (unpaired) electrons. The van der Waals surface area contributed by atoms with Crippen molar-refractivity contribution in [2.24, 2.45) is 0 Å². The van der Waals surface area contributed by atoms with Crippen molar-refractivity contribution in [2.75, 3.05) is 6.67 Å². The number of thiophene rings is 1. The fraction of sp³-hybridized carbons (Fsp3) is 0.444. The van der Waals surface area contributed by atoms with E-state index in [1.54, 1.807) is 18.4 Å². The summed E-state index contributed by atoms with van der Waals surface area (Å²) in [7, 11) is 0. The molecule has 1 heterocycles. The summed E-state index contributed by atoms with van der Waals surface area (Å²) in [5.74, 6) is -0.200. The largest absolute Gasteiger partial charge is 0.347 e. The van der Waals surface area contributed by atoms with Crippen LogP contribution >= 0.6 is 11.3 Å². The number of aryl methyl sites for hydroxylation is 1. The second-order valence-electron chi connectivity index (χ2n) is 2.97. The zero-order valence-electron chi connectivity index (χ0n) is 7.63. The van der Waals surface area contributed by atoms with Crippen LogP contribution in [0.15, 0.2) is 11.4 Å². The molecule has 0 aromatic carbocycles. The molecule has 0 aliphatic rings. The molecule has 2 nitrogen and oxygen atoms in total. The molecule has 1 unspecified atom stereocenters. The Kier molecular flexibility index (Phi) is 3.42. The SMILES string of the molecule is Cc1cc(C(=O)NC(C)CF)cs1. The lowest BCUT2D eigenvalue weighted by atomic mass is 10.2. The number of halogens is 1. The molecule has 0 spiro atoms. The predicted molar refractivity (Wildman–Crippen MR) is 52.0 cm³/mol. The van der Waals surface area contributed by atoms with Crippen molar-refractivity contribution >= 4 is 17.2 Å². The fourth-order valence-electron chi connectivity index (χ4n) is 0.908. The zero-order valence-corrected chi connectivity index (χ0v) is 8.45. The van der Waals surface area contributed by atoms with Crippen molar-refractivity contribution in [1.82, 2.24) is 5.32 Å². The number of nitrogens with one attached hydrogen (secondary N) is 1. The summed E-state index contributed by atoms with van der Waals surface area (Å²) in [5, 5.41) is 4.33. The molecule has 0 aliphatic heterocycles. The average Bonchev–Trinajstić information content (AvgIpc) is 2.51. The van der Waals surface area contributed by atoms with Crippen molar-refractivity contribution in [3.8, 4) is 0 Å². The van der Waals surface area contributed by atoms with Crippen LogP contribution in [0.25, 0.3) is 0 Å². The number of carbonyl (C=O) groups is 1. The second kappa shape index (κ2) is 4.37. The van der Waals surface area contributed by atoms with Gasteiger partial charge in [0, 0.05) is 10.3 Å². The van der Waals surface area contributed by atoms with E-state index in [0.717, 1.165) is 4.88 Å². The van der Waals surface area contributed by atoms with Gasteiger partial charge < -0.3 is 5.32 Å². The summed E-state index contributed by atoms with van der Waals surface area (Å²) in [6.07, 6.45) is 0. The summed E-state index contributed by atoms with van der Waals surface area (Å²) >= 11 is 1.51. The molecule has 0 aliphatic carbocycles. The molecule has 1 amide bonds. The van der Waals surface area contributed by atoms with Gasteiger partial charge in [-0.2, -0.15) is 0 Å². The van der Waals surface area contributed by atoms with Gasteiger partial charge in [0.1, 0.15) is 6.67 Å². The van der Waals surface area contributed by atoms with E-state index in [4.69, 9.17) is 0 Å². The second-order valence-corrected chi connectivity index (χ2v) is 4.09. The lowest BCUT2D eigenvalue weighted by molar-refractivity contribution is 0.0934. The highest BCUT2D eigenvalue weighted by Crippen LogP contribution is 2.12. The van der Waals surface area contributed by atoms with E-state index in [1.807, 2.05) is 6.92 Å². The van der Waals surface area contributed by atoms with E-state index in [9.17, 15) is 9.18 Å². The number of rotatable bonds is 3. The number of carbonyl (C=O) groups excluding carboxylic acids is 1. The summed E-state index contributed by atoms with van der Waals surface area (Å²) in [5.41, 5.74) is 0.614. The molecule has 72 valence electrons. The molecule has 0 saturated carbocycles. The van der Waals surface area contributed by atoms with Crippen LogP contribution in [0.3, 0.4) is 0 Å². The summed E-state index contributed by atoms with van der Waals surface area (Å²) in [4.78, 5) is 12.4. The quantitative estimate of drug-likeness (QED) is 0.797. The van der Waals surface area contributed by atoms with Crippen LogP contribution in [-0.2, 0) is 0 Å². The van der Waals surface area contributed by atoms with Gasteiger partial charge in [-0.3, -0.25) is 4.79 Å². The third-order valence-corrected chi connectivity index (χ3v) is 2.46. The van der Waals surface area contributed by atoms with Gasteiger partial charge in [0.2, 0.25) is 0 Å². The topological polar surface area (TPSA) is 29.1 Å². The zero-order chi connectivity index (χ0) is 9.84. The lowest BCUT2D eigenvalue weighted by Gasteiger charge is -2.07. The number of hydrogen-bond acceptors (Lipinski definition) is 2. The first-order valence-corrected chi connectivity index (χ1v) is 4.93. The van der Waals surface area contributed by atoms with E-state index in [-0.39, 0.29) is 5.91 Å². The summed E-state index contributed by atoms with van der Waals surface area (Å²) < 4.78 is 12.1. The fourth-order valence-corrected chi connectivity index (χ4v) is 1.59. The Balaban J connectivity index is 2.58. The summed E-state index contributed by atoms with van der Waals surface area (Å²) in [6, 6.07) is 1.39. The highest BCUT2D eigenvalue weighted by molar-refractivity contribution is 7.10. The Morgan fingerprint density at radius 2 is 2.46 bits per heavy atom. The van der Waals surface area contributed by atoms with Crippen molar-refractivity contribution in [2.45, 2.75) is 19.9 Å². The molecule has 0 saturated heterocycles. The molecule has 1 aromatic rings. The third-order valence-electron chi connectivity index (χ3n) is 1.60. The Bertz CT molecular complexity index is 298. The van der Waals surface area contributed by atoms with Gasteiger partial charge in [-0.1, -0.05) is 0 Å². The molecule has 1 aromatic heterocycles. The third kappa shape index (κ3) is 2.81. The van der Waals surface area contributed by atoms with Crippen molar-refractivity contribution in [1.29, 1.82) is 0 Å².